The Labute approximate surface area is 174 Å². The summed E-state index contributed by atoms with van der Waals surface area (Å²) in [6.45, 7) is 0. The van der Waals surface area contributed by atoms with Crippen molar-refractivity contribution in [3.63, 3.8) is 0 Å². The fourth-order valence-corrected chi connectivity index (χ4v) is 4.09. The molecule has 150 valence electrons. The molecule has 6 heteroatoms. The van der Waals surface area contributed by atoms with Crippen LogP contribution in [0.5, 0.6) is 11.6 Å². The Hall–Kier alpha value is -2.92. The zero-order chi connectivity index (χ0) is 20.4. The fraction of sp³-hybridized carbons (Fsp3) is 0.261. The normalized spacial score (nSPS) is 14.7. The van der Waals surface area contributed by atoms with Crippen LogP contribution in [0.15, 0.2) is 54.7 Å². The Morgan fingerprint density at radius 2 is 1.62 bits per heavy atom. The van der Waals surface area contributed by atoms with Crippen LogP contribution in [0.1, 0.15) is 53.9 Å². The second-order valence-electron chi connectivity index (χ2n) is 7.47. The summed E-state index contributed by atoms with van der Waals surface area (Å²) in [7, 11) is 0. The maximum Gasteiger partial charge on any atom is 0.264 e. The molecule has 1 amide bonds. The first kappa shape index (κ1) is 19.4. The van der Waals surface area contributed by atoms with Crippen LogP contribution in [0.2, 0.25) is 5.02 Å². The SMILES string of the molecule is O=C(Nc1ccc(C2CCCCC2)cc1)c1c(O)cn(-c2ccc(Cl)cc2)c1O. The summed E-state index contributed by atoms with van der Waals surface area (Å²) < 4.78 is 1.34. The Kier molecular flexibility index (Phi) is 5.49. The number of hydrogen-bond acceptors (Lipinski definition) is 3. The van der Waals surface area contributed by atoms with Gasteiger partial charge in [0.15, 0.2) is 0 Å². The minimum absolute atomic E-state index is 0.170. The van der Waals surface area contributed by atoms with Gasteiger partial charge in [0.05, 0.1) is 6.20 Å². The Morgan fingerprint density at radius 1 is 0.966 bits per heavy atom. The molecule has 4 rings (SSSR count). The minimum atomic E-state index is -0.571. The van der Waals surface area contributed by atoms with Crippen LogP contribution in [0.25, 0.3) is 5.69 Å². The van der Waals surface area contributed by atoms with Gasteiger partial charge in [-0.1, -0.05) is 43.0 Å². The Balaban J connectivity index is 1.52. The minimum Gasteiger partial charge on any atom is -0.505 e. The summed E-state index contributed by atoms with van der Waals surface area (Å²) in [5.41, 5.74) is 2.32. The fourth-order valence-electron chi connectivity index (χ4n) is 3.97. The maximum atomic E-state index is 12.7. The van der Waals surface area contributed by atoms with Gasteiger partial charge in [0.2, 0.25) is 5.88 Å². The summed E-state index contributed by atoms with van der Waals surface area (Å²) in [4.78, 5) is 12.7. The molecular formula is C23H23ClN2O3. The smallest absolute Gasteiger partial charge is 0.264 e. The molecule has 0 aliphatic heterocycles. The highest BCUT2D eigenvalue weighted by Crippen LogP contribution is 2.35. The summed E-state index contributed by atoms with van der Waals surface area (Å²) in [5, 5.41) is 24.0. The van der Waals surface area contributed by atoms with Crippen molar-refractivity contribution in [2.45, 2.75) is 38.0 Å². The molecule has 1 fully saturated rings. The highest BCUT2D eigenvalue weighted by molar-refractivity contribution is 6.30. The molecule has 1 aromatic heterocycles. The number of benzene rings is 2. The van der Waals surface area contributed by atoms with Gasteiger partial charge in [-0.3, -0.25) is 9.36 Å². The summed E-state index contributed by atoms with van der Waals surface area (Å²) in [6.07, 6.45) is 7.59. The van der Waals surface area contributed by atoms with Crippen LogP contribution in [0.3, 0.4) is 0 Å². The largest absolute Gasteiger partial charge is 0.505 e. The third-order valence-electron chi connectivity index (χ3n) is 5.54. The van der Waals surface area contributed by atoms with Crippen LogP contribution < -0.4 is 5.32 Å². The van der Waals surface area contributed by atoms with Gasteiger partial charge in [0.25, 0.3) is 5.91 Å². The van der Waals surface area contributed by atoms with Crippen molar-refractivity contribution in [1.82, 2.24) is 4.57 Å². The maximum absolute atomic E-state index is 12.7. The number of aromatic hydroxyl groups is 2. The van der Waals surface area contributed by atoms with Crippen molar-refractivity contribution in [3.05, 3.63) is 70.9 Å². The highest BCUT2D eigenvalue weighted by Gasteiger charge is 2.23. The van der Waals surface area contributed by atoms with Gasteiger partial charge in [0, 0.05) is 16.4 Å². The van der Waals surface area contributed by atoms with Crippen LogP contribution in [0.4, 0.5) is 5.69 Å². The molecule has 1 aliphatic rings. The molecule has 0 unspecified atom stereocenters. The molecule has 0 bridgehead atoms. The van der Waals surface area contributed by atoms with Crippen molar-refractivity contribution >= 4 is 23.2 Å². The molecule has 3 aromatic rings. The average molecular weight is 411 g/mol. The van der Waals surface area contributed by atoms with Crippen LogP contribution in [-0.2, 0) is 0 Å². The van der Waals surface area contributed by atoms with Crippen molar-refractivity contribution in [1.29, 1.82) is 0 Å². The molecular weight excluding hydrogens is 388 g/mol. The zero-order valence-corrected chi connectivity index (χ0v) is 16.7. The monoisotopic (exact) mass is 410 g/mol. The predicted molar refractivity (Wildman–Crippen MR) is 114 cm³/mol. The van der Waals surface area contributed by atoms with E-state index in [9.17, 15) is 15.0 Å². The molecule has 5 nitrogen and oxygen atoms in total. The molecule has 0 saturated heterocycles. The number of hydrogen-bond donors (Lipinski definition) is 3. The van der Waals surface area contributed by atoms with Gasteiger partial charge in [-0.25, -0.2) is 0 Å². The standard InChI is InChI=1S/C23H23ClN2O3/c24-17-8-12-19(13-9-17)26-14-20(27)21(23(26)29)22(28)25-18-10-6-16(7-11-18)15-4-2-1-3-5-15/h6-15,27,29H,1-5H2,(H,25,28). The van der Waals surface area contributed by atoms with Crippen LogP contribution in [0, 0.1) is 0 Å². The Bertz CT molecular complexity index is 1000. The lowest BCUT2D eigenvalue weighted by molar-refractivity contribution is 0.102. The van der Waals surface area contributed by atoms with E-state index in [2.05, 4.69) is 5.32 Å². The van der Waals surface area contributed by atoms with Crippen molar-refractivity contribution in [2.24, 2.45) is 0 Å². The molecule has 0 atom stereocenters. The van der Waals surface area contributed by atoms with Gasteiger partial charge in [0.1, 0.15) is 11.3 Å². The van der Waals surface area contributed by atoms with Gasteiger partial charge in [-0.2, -0.15) is 0 Å². The van der Waals surface area contributed by atoms with Gasteiger partial charge < -0.3 is 15.5 Å². The number of amides is 1. The zero-order valence-electron chi connectivity index (χ0n) is 15.9. The quantitative estimate of drug-likeness (QED) is 0.505. The molecule has 29 heavy (non-hydrogen) atoms. The van der Waals surface area contributed by atoms with Crippen molar-refractivity contribution in [2.75, 3.05) is 5.32 Å². The first-order valence-corrected chi connectivity index (χ1v) is 10.2. The van der Waals surface area contributed by atoms with E-state index >= 15 is 0 Å². The first-order chi connectivity index (χ1) is 14.0. The Morgan fingerprint density at radius 3 is 2.28 bits per heavy atom. The number of halogens is 1. The number of aromatic nitrogens is 1. The van der Waals surface area contributed by atoms with E-state index < -0.39 is 5.91 Å². The van der Waals surface area contributed by atoms with Gasteiger partial charge >= 0.3 is 0 Å². The molecule has 0 spiro atoms. The lowest BCUT2D eigenvalue weighted by Gasteiger charge is -2.22. The van der Waals surface area contributed by atoms with E-state index in [1.807, 2.05) is 24.3 Å². The summed E-state index contributed by atoms with van der Waals surface area (Å²) in [5.74, 6) is -0.608. The second kappa shape index (κ2) is 8.21. The summed E-state index contributed by atoms with van der Waals surface area (Å²) >= 11 is 5.89. The number of carbonyl (C=O) groups is 1. The third-order valence-corrected chi connectivity index (χ3v) is 5.79. The predicted octanol–water partition coefficient (Wildman–Crippen LogP) is 5.84. The summed E-state index contributed by atoms with van der Waals surface area (Å²) in [6, 6.07) is 14.5. The first-order valence-electron chi connectivity index (χ1n) is 9.83. The third kappa shape index (κ3) is 4.10. The van der Waals surface area contributed by atoms with E-state index in [4.69, 9.17) is 11.6 Å². The van der Waals surface area contributed by atoms with E-state index in [-0.39, 0.29) is 17.2 Å². The van der Waals surface area contributed by atoms with Crippen molar-refractivity contribution in [3.8, 4) is 17.3 Å². The van der Waals surface area contributed by atoms with E-state index in [0.29, 0.717) is 22.3 Å². The number of carbonyl (C=O) groups excluding carboxylic acids is 1. The number of rotatable bonds is 4. The molecule has 1 saturated carbocycles. The van der Waals surface area contributed by atoms with Crippen molar-refractivity contribution < 1.29 is 15.0 Å². The van der Waals surface area contributed by atoms with E-state index in [1.54, 1.807) is 24.3 Å². The number of nitrogens with one attached hydrogen (secondary N) is 1. The van der Waals surface area contributed by atoms with E-state index in [0.717, 1.165) is 0 Å². The van der Waals surface area contributed by atoms with E-state index in [1.165, 1.54) is 48.4 Å². The molecule has 2 aromatic carbocycles. The highest BCUT2D eigenvalue weighted by atomic mass is 35.5. The second-order valence-corrected chi connectivity index (χ2v) is 7.91. The van der Waals surface area contributed by atoms with Gasteiger partial charge in [-0.05, 0) is 60.7 Å². The average Bonchev–Trinajstić information content (AvgIpc) is 3.04. The lowest BCUT2D eigenvalue weighted by Crippen LogP contribution is -2.12. The van der Waals surface area contributed by atoms with Gasteiger partial charge in [-0.15, -0.1) is 0 Å². The molecule has 0 radical (unpaired) electrons. The topological polar surface area (TPSA) is 74.5 Å². The van der Waals surface area contributed by atoms with Crippen LogP contribution in [-0.4, -0.2) is 20.7 Å². The van der Waals surface area contributed by atoms with Crippen LogP contribution >= 0.6 is 11.6 Å². The molecule has 3 N–H and O–H groups in total. The number of nitrogens with zero attached hydrogens (tertiary/aromatic N) is 1. The lowest BCUT2D eigenvalue weighted by atomic mass is 9.84. The molecule has 1 aliphatic carbocycles. The molecule has 1 heterocycles. The number of anilines is 1.